The molecule has 3 aromatic carbocycles. The minimum absolute atomic E-state index is 0.0770. The van der Waals surface area contributed by atoms with Crippen LogP contribution in [-0.2, 0) is 10.0 Å². The number of nitrogens with one attached hydrogen (secondary N) is 2. The van der Waals surface area contributed by atoms with Gasteiger partial charge in [-0.3, -0.25) is 9.52 Å². The van der Waals surface area contributed by atoms with Crippen LogP contribution >= 0.6 is 0 Å². The van der Waals surface area contributed by atoms with Crippen molar-refractivity contribution < 1.29 is 17.9 Å². The lowest BCUT2D eigenvalue weighted by Crippen LogP contribution is -2.15. The highest BCUT2D eigenvalue weighted by molar-refractivity contribution is 7.92. The molecule has 1 aromatic heterocycles. The lowest BCUT2D eigenvalue weighted by Gasteiger charge is -2.10. The van der Waals surface area contributed by atoms with Crippen LogP contribution < -0.4 is 14.8 Å². The van der Waals surface area contributed by atoms with Gasteiger partial charge < -0.3 is 10.1 Å². The number of hydrogen-bond acceptors (Lipinski definition) is 5. The minimum Gasteiger partial charge on any atom is -0.494 e. The summed E-state index contributed by atoms with van der Waals surface area (Å²) in [6.07, 6.45) is 0. The second kappa shape index (κ2) is 9.07. The molecule has 0 saturated heterocycles. The summed E-state index contributed by atoms with van der Waals surface area (Å²) in [6.45, 7) is 2.41. The van der Waals surface area contributed by atoms with Gasteiger partial charge in [-0.2, -0.15) is 0 Å². The summed E-state index contributed by atoms with van der Waals surface area (Å²) in [5.74, 6) is 0.287. The van der Waals surface area contributed by atoms with E-state index >= 15 is 0 Å². The van der Waals surface area contributed by atoms with E-state index in [2.05, 4.69) is 15.0 Å². The number of rotatable bonds is 7. The van der Waals surface area contributed by atoms with E-state index in [-0.39, 0.29) is 16.5 Å². The Morgan fingerprint density at radius 3 is 2.28 bits per heavy atom. The van der Waals surface area contributed by atoms with Crippen LogP contribution in [-0.4, -0.2) is 25.9 Å². The summed E-state index contributed by atoms with van der Waals surface area (Å²) in [6, 6.07) is 23.6. The number of nitrogens with zero attached hydrogens (tertiary/aromatic N) is 1. The number of ether oxygens (including phenoxy) is 1. The van der Waals surface area contributed by atoms with Crippen molar-refractivity contribution in [3.05, 3.63) is 90.6 Å². The Bertz CT molecular complexity index is 1350. The maximum Gasteiger partial charge on any atom is 0.274 e. The number of amides is 1. The number of carbonyl (C=O) groups is 1. The van der Waals surface area contributed by atoms with Gasteiger partial charge in [0, 0.05) is 16.8 Å². The second-order valence-electron chi connectivity index (χ2n) is 6.93. The van der Waals surface area contributed by atoms with E-state index in [0.717, 1.165) is 10.9 Å². The number of aromatic nitrogens is 1. The van der Waals surface area contributed by atoms with E-state index in [1.165, 1.54) is 24.3 Å². The highest BCUT2D eigenvalue weighted by Gasteiger charge is 2.15. The van der Waals surface area contributed by atoms with Gasteiger partial charge in [0.2, 0.25) is 0 Å². The molecule has 1 heterocycles. The number of pyridine rings is 1. The molecule has 0 fully saturated rings. The highest BCUT2D eigenvalue weighted by atomic mass is 32.2. The van der Waals surface area contributed by atoms with Gasteiger partial charge >= 0.3 is 0 Å². The van der Waals surface area contributed by atoms with Crippen LogP contribution in [0.25, 0.3) is 10.9 Å². The van der Waals surface area contributed by atoms with Crippen molar-refractivity contribution in [1.29, 1.82) is 0 Å². The summed E-state index contributed by atoms with van der Waals surface area (Å²) in [5, 5.41) is 3.68. The van der Waals surface area contributed by atoms with Crippen molar-refractivity contribution in [2.45, 2.75) is 11.8 Å². The van der Waals surface area contributed by atoms with Crippen molar-refractivity contribution in [2.75, 3.05) is 16.6 Å². The van der Waals surface area contributed by atoms with E-state index in [9.17, 15) is 13.2 Å². The Morgan fingerprint density at radius 2 is 1.56 bits per heavy atom. The summed E-state index contributed by atoms with van der Waals surface area (Å²) < 4.78 is 33.2. The SMILES string of the molecule is CCOc1ccc(NS(=O)(=O)c2ccc(NC(=O)c3ccc4ccccc4n3)cc2)cc1. The van der Waals surface area contributed by atoms with Gasteiger partial charge in [0.1, 0.15) is 11.4 Å². The summed E-state index contributed by atoms with van der Waals surface area (Å²) in [5.41, 5.74) is 1.89. The molecule has 0 spiro atoms. The van der Waals surface area contributed by atoms with Gasteiger partial charge in [-0.15, -0.1) is 0 Å². The Kier molecular flexibility index (Phi) is 6.04. The highest BCUT2D eigenvalue weighted by Crippen LogP contribution is 2.21. The van der Waals surface area contributed by atoms with Crippen LogP contribution in [0.2, 0.25) is 0 Å². The third-order valence-corrected chi connectivity index (χ3v) is 6.07. The first kappa shape index (κ1) is 21.3. The molecule has 0 unspecified atom stereocenters. The fourth-order valence-corrected chi connectivity index (χ4v) is 4.16. The normalized spacial score (nSPS) is 11.2. The van der Waals surface area contributed by atoms with Crippen LogP contribution in [0, 0.1) is 0 Å². The summed E-state index contributed by atoms with van der Waals surface area (Å²) >= 11 is 0. The molecule has 2 N–H and O–H groups in total. The molecule has 0 aliphatic carbocycles. The number of carbonyl (C=O) groups excluding carboxylic acids is 1. The second-order valence-corrected chi connectivity index (χ2v) is 8.61. The summed E-state index contributed by atoms with van der Waals surface area (Å²) in [7, 11) is -3.78. The molecule has 0 radical (unpaired) electrons. The van der Waals surface area contributed by atoms with Crippen LogP contribution in [0.1, 0.15) is 17.4 Å². The Labute approximate surface area is 186 Å². The molecule has 8 heteroatoms. The van der Waals surface area contributed by atoms with Gasteiger partial charge in [0.05, 0.1) is 17.0 Å². The maximum atomic E-state index is 12.7. The molecule has 4 aromatic rings. The lowest BCUT2D eigenvalue weighted by atomic mass is 10.2. The van der Waals surface area contributed by atoms with Gasteiger partial charge in [-0.1, -0.05) is 24.3 Å². The fraction of sp³-hybridized carbons (Fsp3) is 0.0833. The van der Waals surface area contributed by atoms with Crippen molar-refractivity contribution in [3.8, 4) is 5.75 Å². The fourth-order valence-electron chi connectivity index (χ4n) is 3.10. The minimum atomic E-state index is -3.78. The first-order chi connectivity index (χ1) is 15.4. The van der Waals surface area contributed by atoms with Gasteiger partial charge in [-0.05, 0) is 67.6 Å². The quantitative estimate of drug-likeness (QED) is 0.428. The number of fused-ring (bicyclic) bond motifs is 1. The zero-order valence-corrected chi connectivity index (χ0v) is 18.1. The first-order valence-corrected chi connectivity index (χ1v) is 11.5. The maximum absolute atomic E-state index is 12.7. The van der Waals surface area contributed by atoms with E-state index in [1.54, 1.807) is 30.3 Å². The third kappa shape index (κ3) is 4.87. The molecule has 4 rings (SSSR count). The predicted octanol–water partition coefficient (Wildman–Crippen LogP) is 4.69. The number of benzene rings is 3. The van der Waals surface area contributed by atoms with Crippen molar-refractivity contribution >= 4 is 38.2 Å². The zero-order chi connectivity index (χ0) is 22.6. The van der Waals surface area contributed by atoms with E-state index < -0.39 is 10.0 Å². The molecule has 0 aliphatic heterocycles. The Morgan fingerprint density at radius 1 is 0.875 bits per heavy atom. The third-order valence-electron chi connectivity index (χ3n) is 4.67. The van der Waals surface area contributed by atoms with Crippen molar-refractivity contribution in [2.24, 2.45) is 0 Å². The first-order valence-electron chi connectivity index (χ1n) is 9.97. The number of anilines is 2. The Hall–Kier alpha value is -3.91. The van der Waals surface area contributed by atoms with E-state index in [0.29, 0.717) is 23.7 Å². The molecule has 1 amide bonds. The molecule has 162 valence electrons. The van der Waals surface area contributed by atoms with Gasteiger partial charge in [0.15, 0.2) is 0 Å². The number of sulfonamides is 1. The molecule has 0 aliphatic rings. The molecule has 0 atom stereocenters. The average Bonchev–Trinajstić information content (AvgIpc) is 2.80. The molecular formula is C24H21N3O4S. The smallest absolute Gasteiger partial charge is 0.274 e. The van der Waals surface area contributed by atoms with Crippen molar-refractivity contribution in [1.82, 2.24) is 4.98 Å². The molecule has 0 bridgehead atoms. The number of para-hydroxylation sites is 1. The number of hydrogen-bond donors (Lipinski definition) is 2. The monoisotopic (exact) mass is 447 g/mol. The Balaban J connectivity index is 1.45. The average molecular weight is 448 g/mol. The molecule has 32 heavy (non-hydrogen) atoms. The zero-order valence-electron chi connectivity index (χ0n) is 17.3. The van der Waals surface area contributed by atoms with Crippen LogP contribution in [0.5, 0.6) is 5.75 Å². The van der Waals surface area contributed by atoms with Crippen LogP contribution in [0.15, 0.2) is 89.8 Å². The van der Waals surface area contributed by atoms with Crippen LogP contribution in [0.3, 0.4) is 0 Å². The van der Waals surface area contributed by atoms with E-state index in [4.69, 9.17) is 4.74 Å². The van der Waals surface area contributed by atoms with E-state index in [1.807, 2.05) is 37.3 Å². The molecule has 0 saturated carbocycles. The van der Waals surface area contributed by atoms with Gasteiger partial charge in [0.25, 0.3) is 15.9 Å². The molecular weight excluding hydrogens is 426 g/mol. The lowest BCUT2D eigenvalue weighted by molar-refractivity contribution is 0.102. The van der Waals surface area contributed by atoms with Gasteiger partial charge in [-0.25, -0.2) is 13.4 Å². The van der Waals surface area contributed by atoms with Crippen molar-refractivity contribution in [3.63, 3.8) is 0 Å². The predicted molar refractivity (Wildman–Crippen MR) is 125 cm³/mol. The van der Waals surface area contributed by atoms with Crippen LogP contribution in [0.4, 0.5) is 11.4 Å². The summed E-state index contributed by atoms with van der Waals surface area (Å²) in [4.78, 5) is 17.0. The largest absolute Gasteiger partial charge is 0.494 e. The molecule has 7 nitrogen and oxygen atoms in total. The topological polar surface area (TPSA) is 97.4 Å². The standard InChI is InChI=1S/C24H21N3O4S/c1-2-31-20-12-8-19(9-13-20)27-32(29,30)21-14-10-18(11-15-21)25-24(28)23-16-7-17-5-3-4-6-22(17)26-23/h3-16,27H,2H2,1H3,(H,25,28).